The molecule has 0 fully saturated rings. The quantitative estimate of drug-likeness (QED) is 0.463. The van der Waals surface area contributed by atoms with Crippen LogP contribution in [0, 0.1) is 0 Å². The van der Waals surface area contributed by atoms with Crippen LogP contribution in [-0.4, -0.2) is 4.98 Å². The van der Waals surface area contributed by atoms with Gasteiger partial charge in [0.2, 0.25) is 0 Å². The van der Waals surface area contributed by atoms with Crippen molar-refractivity contribution in [3.8, 4) is 0 Å². The molecule has 0 aliphatic heterocycles. The Morgan fingerprint density at radius 3 is 1.95 bits per heavy atom. The molecule has 0 atom stereocenters. The highest BCUT2D eigenvalue weighted by Crippen LogP contribution is 2.36. The molecular formula is C11H4Cl6N2. The summed E-state index contributed by atoms with van der Waals surface area (Å²) in [4.78, 5) is 4.02. The fourth-order valence-electron chi connectivity index (χ4n) is 1.28. The highest BCUT2D eigenvalue weighted by Gasteiger charge is 2.11. The van der Waals surface area contributed by atoms with Gasteiger partial charge in [0.25, 0.3) is 0 Å². The van der Waals surface area contributed by atoms with E-state index in [4.69, 9.17) is 69.6 Å². The van der Waals surface area contributed by atoms with Gasteiger partial charge in [-0.25, -0.2) is 4.98 Å². The van der Waals surface area contributed by atoms with Crippen molar-refractivity contribution in [1.82, 2.24) is 4.98 Å². The van der Waals surface area contributed by atoms with Crippen LogP contribution in [0.25, 0.3) is 0 Å². The SMILES string of the molecule is Clc1cc(Cl)c(Nc2nc(Cl)c(Cl)cc2Cl)cc1Cl. The average Bonchev–Trinajstić information content (AvgIpc) is 2.32. The van der Waals surface area contributed by atoms with Gasteiger partial charge in [-0.1, -0.05) is 69.6 Å². The van der Waals surface area contributed by atoms with Crippen LogP contribution in [0.15, 0.2) is 18.2 Å². The van der Waals surface area contributed by atoms with Gasteiger partial charge in [-0.05, 0) is 18.2 Å². The third kappa shape index (κ3) is 3.52. The molecule has 1 heterocycles. The summed E-state index contributed by atoms with van der Waals surface area (Å²) in [6.07, 6.45) is 0. The number of benzene rings is 1. The zero-order valence-corrected chi connectivity index (χ0v) is 13.5. The molecule has 0 saturated carbocycles. The van der Waals surface area contributed by atoms with Crippen LogP contribution in [0.1, 0.15) is 0 Å². The fourth-order valence-corrected chi connectivity index (χ4v) is 2.42. The van der Waals surface area contributed by atoms with E-state index in [1.54, 1.807) is 6.07 Å². The first-order chi connectivity index (χ1) is 8.88. The summed E-state index contributed by atoms with van der Waals surface area (Å²) in [6.45, 7) is 0. The van der Waals surface area contributed by atoms with Crippen molar-refractivity contribution in [3.05, 3.63) is 48.5 Å². The van der Waals surface area contributed by atoms with Crippen molar-refractivity contribution in [1.29, 1.82) is 0 Å². The first kappa shape index (κ1) is 15.3. The molecule has 0 aliphatic rings. The lowest BCUT2D eigenvalue weighted by atomic mass is 10.3. The minimum absolute atomic E-state index is 0.129. The summed E-state index contributed by atoms with van der Waals surface area (Å²) in [5, 5.41) is 4.69. The zero-order chi connectivity index (χ0) is 14.2. The van der Waals surface area contributed by atoms with Crippen LogP contribution in [0.2, 0.25) is 30.3 Å². The van der Waals surface area contributed by atoms with E-state index < -0.39 is 0 Å². The van der Waals surface area contributed by atoms with Gasteiger partial charge in [-0.15, -0.1) is 0 Å². The zero-order valence-electron chi connectivity index (χ0n) is 8.95. The monoisotopic (exact) mass is 374 g/mol. The highest BCUT2D eigenvalue weighted by molar-refractivity contribution is 6.44. The molecule has 0 unspecified atom stereocenters. The Morgan fingerprint density at radius 1 is 0.684 bits per heavy atom. The molecule has 1 N–H and O–H groups in total. The van der Waals surface area contributed by atoms with Gasteiger partial charge in [-0.3, -0.25) is 0 Å². The normalized spacial score (nSPS) is 10.6. The number of nitrogens with one attached hydrogen (secondary N) is 1. The minimum Gasteiger partial charge on any atom is -0.338 e. The average molecular weight is 377 g/mol. The largest absolute Gasteiger partial charge is 0.338 e. The Kier molecular flexibility index (Phi) is 4.93. The second-order valence-electron chi connectivity index (χ2n) is 3.46. The fraction of sp³-hybridized carbons (Fsp3) is 0. The molecule has 2 nitrogen and oxygen atoms in total. The lowest BCUT2D eigenvalue weighted by Gasteiger charge is -2.11. The minimum atomic E-state index is 0.129. The van der Waals surface area contributed by atoms with E-state index in [2.05, 4.69) is 10.3 Å². The molecule has 1 aromatic heterocycles. The van der Waals surface area contributed by atoms with E-state index in [9.17, 15) is 0 Å². The lowest BCUT2D eigenvalue weighted by Crippen LogP contribution is -1.96. The Balaban J connectivity index is 2.42. The first-order valence-electron chi connectivity index (χ1n) is 4.81. The second kappa shape index (κ2) is 6.13. The number of halogens is 6. The number of pyridine rings is 1. The molecule has 1 aromatic carbocycles. The van der Waals surface area contributed by atoms with E-state index in [0.717, 1.165) is 0 Å². The van der Waals surface area contributed by atoms with Crippen LogP contribution in [0.5, 0.6) is 0 Å². The first-order valence-corrected chi connectivity index (χ1v) is 7.08. The van der Waals surface area contributed by atoms with Gasteiger partial charge in [0, 0.05) is 0 Å². The number of hydrogen-bond acceptors (Lipinski definition) is 2. The van der Waals surface area contributed by atoms with Crippen LogP contribution in [-0.2, 0) is 0 Å². The maximum atomic E-state index is 6.04. The molecule has 2 aromatic rings. The second-order valence-corrected chi connectivity index (χ2v) is 5.86. The topological polar surface area (TPSA) is 24.9 Å². The Labute approximate surface area is 139 Å². The van der Waals surface area contributed by atoms with Gasteiger partial charge in [0.1, 0.15) is 5.15 Å². The summed E-state index contributed by atoms with van der Waals surface area (Å²) in [7, 11) is 0. The van der Waals surface area contributed by atoms with Crippen molar-refractivity contribution < 1.29 is 0 Å². The summed E-state index contributed by atoms with van der Waals surface area (Å²) in [6, 6.07) is 4.55. The summed E-state index contributed by atoms with van der Waals surface area (Å²) < 4.78 is 0. The van der Waals surface area contributed by atoms with Gasteiger partial charge in [0.05, 0.1) is 30.8 Å². The molecule has 0 bridgehead atoms. The van der Waals surface area contributed by atoms with Crippen LogP contribution in [0.3, 0.4) is 0 Å². The van der Waals surface area contributed by atoms with Crippen LogP contribution < -0.4 is 5.32 Å². The van der Waals surface area contributed by atoms with E-state index >= 15 is 0 Å². The number of aromatic nitrogens is 1. The molecule has 2 rings (SSSR count). The number of nitrogens with zero attached hydrogens (tertiary/aromatic N) is 1. The van der Waals surface area contributed by atoms with Crippen molar-refractivity contribution in [2.75, 3.05) is 5.32 Å². The van der Waals surface area contributed by atoms with Crippen LogP contribution in [0.4, 0.5) is 11.5 Å². The number of anilines is 2. The van der Waals surface area contributed by atoms with Crippen molar-refractivity contribution >= 4 is 81.1 Å². The van der Waals surface area contributed by atoms with Crippen molar-refractivity contribution in [2.45, 2.75) is 0 Å². The van der Waals surface area contributed by atoms with Crippen molar-refractivity contribution in [3.63, 3.8) is 0 Å². The maximum absolute atomic E-state index is 6.04. The number of hydrogen-bond donors (Lipinski definition) is 1. The predicted octanol–water partition coefficient (Wildman–Crippen LogP) is 6.75. The van der Waals surface area contributed by atoms with Crippen molar-refractivity contribution in [2.24, 2.45) is 0 Å². The molecule has 0 spiro atoms. The molecular weight excluding hydrogens is 373 g/mol. The lowest BCUT2D eigenvalue weighted by molar-refractivity contribution is 1.31. The Morgan fingerprint density at radius 2 is 1.26 bits per heavy atom. The summed E-state index contributed by atoms with van der Waals surface area (Å²) in [5.41, 5.74) is 0.504. The maximum Gasteiger partial charge on any atom is 0.151 e. The third-order valence-electron chi connectivity index (χ3n) is 2.15. The van der Waals surface area contributed by atoms with E-state index in [0.29, 0.717) is 31.6 Å². The van der Waals surface area contributed by atoms with Gasteiger partial charge >= 0.3 is 0 Å². The van der Waals surface area contributed by atoms with E-state index in [1.807, 2.05) is 0 Å². The summed E-state index contributed by atoms with van der Waals surface area (Å²) in [5.74, 6) is 0.316. The Bertz CT molecular complexity index is 588. The molecule has 0 saturated heterocycles. The molecule has 0 aliphatic carbocycles. The number of rotatable bonds is 2. The van der Waals surface area contributed by atoms with E-state index in [1.165, 1.54) is 12.1 Å². The molecule has 100 valence electrons. The standard InChI is InChI=1S/C11H4Cl6N2/c12-4-1-6(14)9(3-5(4)13)18-11-8(16)2-7(15)10(17)19-11/h1-3H,(H,18,19). The molecule has 0 radical (unpaired) electrons. The van der Waals surface area contributed by atoms with Gasteiger partial charge in [-0.2, -0.15) is 0 Å². The molecule has 0 amide bonds. The third-order valence-corrected chi connectivity index (χ3v) is 4.15. The predicted molar refractivity (Wildman–Crippen MR) is 84.0 cm³/mol. The van der Waals surface area contributed by atoms with Crippen LogP contribution >= 0.6 is 69.6 Å². The molecule has 19 heavy (non-hydrogen) atoms. The highest BCUT2D eigenvalue weighted by atomic mass is 35.5. The Hall–Kier alpha value is -0.0900. The van der Waals surface area contributed by atoms with E-state index in [-0.39, 0.29) is 10.2 Å². The van der Waals surface area contributed by atoms with Gasteiger partial charge in [0.15, 0.2) is 5.82 Å². The summed E-state index contributed by atoms with van der Waals surface area (Å²) >= 11 is 35.4. The smallest absolute Gasteiger partial charge is 0.151 e. The molecule has 8 heteroatoms. The van der Waals surface area contributed by atoms with Gasteiger partial charge < -0.3 is 5.32 Å².